The van der Waals surface area contributed by atoms with Crippen LogP contribution in [0.1, 0.15) is 20.8 Å². The molecule has 1 aromatic heterocycles. The van der Waals surface area contributed by atoms with Crippen LogP contribution in [0.2, 0.25) is 0 Å². The first-order valence-electron chi connectivity index (χ1n) is 9.71. The SMILES string of the molecule is COc1ccc(NC(=O)c2csc(-c3ccccc3F)n2)cc1NC(=O)c1cccc(F)c1. The van der Waals surface area contributed by atoms with Gasteiger partial charge in [0, 0.05) is 22.2 Å². The number of benzene rings is 3. The van der Waals surface area contributed by atoms with Crippen LogP contribution in [0.15, 0.2) is 72.1 Å². The van der Waals surface area contributed by atoms with E-state index in [0.29, 0.717) is 22.0 Å². The molecule has 0 saturated carbocycles. The summed E-state index contributed by atoms with van der Waals surface area (Å²) in [5.74, 6) is -1.64. The average molecular weight is 465 g/mol. The molecule has 0 radical (unpaired) electrons. The Balaban J connectivity index is 1.52. The van der Waals surface area contributed by atoms with Crippen molar-refractivity contribution in [3.05, 3.63) is 95.0 Å². The van der Waals surface area contributed by atoms with E-state index in [2.05, 4.69) is 15.6 Å². The lowest BCUT2D eigenvalue weighted by atomic mass is 10.2. The second-order valence-corrected chi connectivity index (χ2v) is 7.71. The van der Waals surface area contributed by atoms with E-state index in [9.17, 15) is 18.4 Å². The van der Waals surface area contributed by atoms with E-state index in [1.807, 2.05) is 0 Å². The Morgan fingerprint density at radius 3 is 2.52 bits per heavy atom. The molecule has 0 aliphatic carbocycles. The Bertz CT molecular complexity index is 1340. The predicted octanol–water partition coefficient (Wildman–Crippen LogP) is 5.60. The Morgan fingerprint density at radius 1 is 0.939 bits per heavy atom. The van der Waals surface area contributed by atoms with Crippen LogP contribution in [0, 0.1) is 11.6 Å². The van der Waals surface area contributed by atoms with Gasteiger partial charge >= 0.3 is 0 Å². The van der Waals surface area contributed by atoms with Gasteiger partial charge in [-0.15, -0.1) is 11.3 Å². The number of rotatable bonds is 6. The molecule has 2 amide bonds. The highest BCUT2D eigenvalue weighted by Crippen LogP contribution is 2.30. The molecule has 1 heterocycles. The molecule has 3 aromatic carbocycles. The zero-order valence-corrected chi connectivity index (χ0v) is 18.1. The molecular weight excluding hydrogens is 448 g/mol. The van der Waals surface area contributed by atoms with E-state index in [1.54, 1.807) is 30.3 Å². The summed E-state index contributed by atoms with van der Waals surface area (Å²) in [7, 11) is 1.44. The van der Waals surface area contributed by atoms with Gasteiger partial charge in [0.1, 0.15) is 28.1 Å². The molecule has 33 heavy (non-hydrogen) atoms. The molecule has 0 aliphatic rings. The Hall–Kier alpha value is -4.11. The Morgan fingerprint density at radius 2 is 1.76 bits per heavy atom. The number of halogens is 2. The number of methoxy groups -OCH3 is 1. The van der Waals surface area contributed by atoms with Crippen molar-refractivity contribution in [3.8, 4) is 16.3 Å². The van der Waals surface area contributed by atoms with Crippen molar-refractivity contribution in [3.63, 3.8) is 0 Å². The van der Waals surface area contributed by atoms with Gasteiger partial charge in [0.25, 0.3) is 11.8 Å². The fourth-order valence-corrected chi connectivity index (χ4v) is 3.87. The van der Waals surface area contributed by atoms with E-state index in [4.69, 9.17) is 4.74 Å². The molecule has 0 aliphatic heterocycles. The van der Waals surface area contributed by atoms with Crippen LogP contribution < -0.4 is 15.4 Å². The van der Waals surface area contributed by atoms with E-state index in [1.165, 1.54) is 42.8 Å². The topological polar surface area (TPSA) is 80.3 Å². The van der Waals surface area contributed by atoms with E-state index >= 15 is 0 Å². The van der Waals surface area contributed by atoms with Crippen LogP contribution in [0.4, 0.5) is 20.2 Å². The van der Waals surface area contributed by atoms with Gasteiger partial charge in [-0.05, 0) is 48.5 Å². The fraction of sp³-hybridized carbons (Fsp3) is 0.0417. The highest BCUT2D eigenvalue weighted by molar-refractivity contribution is 7.13. The predicted molar refractivity (Wildman–Crippen MR) is 123 cm³/mol. The molecular formula is C24H17F2N3O3S. The standard InChI is InChI=1S/C24H17F2N3O3S/c1-32-21-10-9-16(12-19(21)28-22(30)14-5-4-6-15(25)11-14)27-23(31)20-13-33-24(29-20)17-7-2-3-8-18(17)26/h2-13H,1H3,(H,27,31)(H,28,30). The number of amides is 2. The number of anilines is 2. The maximum atomic E-state index is 14.0. The second-order valence-electron chi connectivity index (χ2n) is 6.85. The number of nitrogens with zero attached hydrogens (tertiary/aromatic N) is 1. The lowest BCUT2D eigenvalue weighted by Gasteiger charge is -2.12. The maximum absolute atomic E-state index is 14.0. The van der Waals surface area contributed by atoms with Gasteiger partial charge in [0.05, 0.1) is 12.8 Å². The zero-order valence-electron chi connectivity index (χ0n) is 17.3. The van der Waals surface area contributed by atoms with Crippen molar-refractivity contribution in [1.82, 2.24) is 4.98 Å². The second kappa shape index (κ2) is 9.58. The van der Waals surface area contributed by atoms with Crippen LogP contribution in [-0.2, 0) is 0 Å². The Labute approximate surface area is 191 Å². The van der Waals surface area contributed by atoms with Crippen molar-refractivity contribution >= 4 is 34.5 Å². The third-order valence-corrected chi connectivity index (χ3v) is 5.51. The summed E-state index contributed by atoms with van der Waals surface area (Å²) in [6.45, 7) is 0. The molecule has 0 bridgehead atoms. The van der Waals surface area contributed by atoms with E-state index < -0.39 is 23.4 Å². The number of ether oxygens (including phenoxy) is 1. The number of hydrogen-bond donors (Lipinski definition) is 2. The minimum atomic E-state index is -0.537. The quantitative estimate of drug-likeness (QED) is 0.388. The summed E-state index contributed by atoms with van der Waals surface area (Å²) in [6.07, 6.45) is 0. The summed E-state index contributed by atoms with van der Waals surface area (Å²) in [4.78, 5) is 29.4. The van der Waals surface area contributed by atoms with Gasteiger partial charge in [-0.25, -0.2) is 13.8 Å². The van der Waals surface area contributed by atoms with Gasteiger partial charge in [-0.2, -0.15) is 0 Å². The van der Waals surface area contributed by atoms with E-state index in [0.717, 1.165) is 17.4 Å². The minimum Gasteiger partial charge on any atom is -0.495 e. The van der Waals surface area contributed by atoms with Crippen LogP contribution in [0.5, 0.6) is 5.75 Å². The largest absolute Gasteiger partial charge is 0.495 e. The molecule has 9 heteroatoms. The summed E-state index contributed by atoms with van der Waals surface area (Å²) in [5.41, 5.74) is 1.23. The number of nitrogens with one attached hydrogen (secondary N) is 2. The molecule has 6 nitrogen and oxygen atoms in total. The maximum Gasteiger partial charge on any atom is 0.275 e. The Kier molecular flexibility index (Phi) is 6.41. The monoisotopic (exact) mass is 465 g/mol. The van der Waals surface area contributed by atoms with Crippen molar-refractivity contribution < 1.29 is 23.1 Å². The van der Waals surface area contributed by atoms with Gasteiger partial charge in [-0.3, -0.25) is 9.59 Å². The molecule has 166 valence electrons. The number of aromatic nitrogens is 1. The van der Waals surface area contributed by atoms with Crippen LogP contribution in [0.3, 0.4) is 0 Å². The smallest absolute Gasteiger partial charge is 0.275 e. The van der Waals surface area contributed by atoms with Crippen molar-refractivity contribution in [2.45, 2.75) is 0 Å². The summed E-state index contributed by atoms with van der Waals surface area (Å²) < 4.78 is 32.7. The minimum absolute atomic E-state index is 0.124. The first-order valence-corrected chi connectivity index (χ1v) is 10.6. The third kappa shape index (κ3) is 5.04. The first-order chi connectivity index (χ1) is 15.9. The molecule has 0 atom stereocenters. The molecule has 0 saturated heterocycles. The molecule has 2 N–H and O–H groups in total. The van der Waals surface area contributed by atoms with Crippen LogP contribution in [-0.4, -0.2) is 23.9 Å². The summed E-state index contributed by atoms with van der Waals surface area (Å²) in [6, 6.07) is 16.1. The van der Waals surface area contributed by atoms with Crippen molar-refractivity contribution in [1.29, 1.82) is 0 Å². The van der Waals surface area contributed by atoms with Gasteiger partial charge in [-0.1, -0.05) is 18.2 Å². The van der Waals surface area contributed by atoms with E-state index in [-0.39, 0.29) is 16.9 Å². The lowest BCUT2D eigenvalue weighted by Crippen LogP contribution is -2.15. The summed E-state index contributed by atoms with van der Waals surface area (Å²) in [5, 5.41) is 7.27. The number of hydrogen-bond acceptors (Lipinski definition) is 5. The zero-order chi connectivity index (χ0) is 23.4. The number of carbonyl (C=O) groups is 2. The van der Waals surface area contributed by atoms with Crippen LogP contribution >= 0.6 is 11.3 Å². The fourth-order valence-electron chi connectivity index (χ4n) is 3.04. The number of thiazole rings is 1. The highest BCUT2D eigenvalue weighted by Gasteiger charge is 2.16. The molecule has 0 spiro atoms. The average Bonchev–Trinajstić information content (AvgIpc) is 3.30. The van der Waals surface area contributed by atoms with Gasteiger partial charge < -0.3 is 15.4 Å². The highest BCUT2D eigenvalue weighted by atomic mass is 32.1. The molecule has 4 rings (SSSR count). The summed E-state index contributed by atoms with van der Waals surface area (Å²) >= 11 is 1.15. The van der Waals surface area contributed by atoms with Crippen molar-refractivity contribution in [2.24, 2.45) is 0 Å². The third-order valence-electron chi connectivity index (χ3n) is 4.63. The van der Waals surface area contributed by atoms with Gasteiger partial charge in [0.15, 0.2) is 0 Å². The number of carbonyl (C=O) groups excluding carboxylic acids is 2. The molecule has 4 aromatic rings. The molecule has 0 unspecified atom stereocenters. The van der Waals surface area contributed by atoms with Gasteiger partial charge in [0.2, 0.25) is 0 Å². The molecule has 0 fully saturated rings. The normalized spacial score (nSPS) is 10.5. The lowest BCUT2D eigenvalue weighted by molar-refractivity contribution is 0.101. The van der Waals surface area contributed by atoms with Crippen molar-refractivity contribution in [2.75, 3.05) is 17.7 Å². The first kappa shape index (κ1) is 22.1. The van der Waals surface area contributed by atoms with Crippen LogP contribution in [0.25, 0.3) is 10.6 Å².